The topological polar surface area (TPSA) is 47.3 Å². The van der Waals surface area contributed by atoms with Crippen LogP contribution in [0.2, 0.25) is 0 Å². The first kappa shape index (κ1) is 15.1. The van der Waals surface area contributed by atoms with Gasteiger partial charge in [-0.2, -0.15) is 0 Å². The zero-order valence-corrected chi connectivity index (χ0v) is 13.3. The molecule has 5 heteroatoms. The largest absolute Gasteiger partial charge is 0.496 e. The molecule has 0 radical (unpaired) electrons. The second-order valence-electron chi connectivity index (χ2n) is 5.75. The van der Waals surface area contributed by atoms with E-state index >= 15 is 0 Å². The Morgan fingerprint density at radius 3 is 2.85 bits per heavy atom. The standard InChI is InChI=1S/C15H22N2O2S/c1-15(2,3)17-7-5-6-14-16-9-12(19-14)13-8-11(18-4)10-20-13/h8-10,17H,5-7H2,1-4H3. The van der Waals surface area contributed by atoms with Crippen molar-refractivity contribution in [3.8, 4) is 16.4 Å². The van der Waals surface area contributed by atoms with Crippen molar-refractivity contribution in [1.29, 1.82) is 0 Å². The molecule has 0 atom stereocenters. The second kappa shape index (κ2) is 6.41. The number of hydrogen-bond donors (Lipinski definition) is 1. The molecule has 0 unspecified atom stereocenters. The highest BCUT2D eigenvalue weighted by Crippen LogP contribution is 2.31. The molecule has 2 heterocycles. The molecule has 0 saturated carbocycles. The van der Waals surface area contributed by atoms with Crippen molar-refractivity contribution in [2.75, 3.05) is 13.7 Å². The minimum absolute atomic E-state index is 0.162. The van der Waals surface area contributed by atoms with Crippen LogP contribution in [0.5, 0.6) is 5.75 Å². The van der Waals surface area contributed by atoms with Crippen molar-refractivity contribution in [2.24, 2.45) is 0 Å². The van der Waals surface area contributed by atoms with Gasteiger partial charge in [0.25, 0.3) is 0 Å². The highest BCUT2D eigenvalue weighted by Gasteiger charge is 2.11. The number of oxazole rings is 1. The van der Waals surface area contributed by atoms with Crippen molar-refractivity contribution in [1.82, 2.24) is 10.3 Å². The van der Waals surface area contributed by atoms with Crippen molar-refractivity contribution >= 4 is 11.3 Å². The Kier molecular flexibility index (Phi) is 4.83. The van der Waals surface area contributed by atoms with Crippen molar-refractivity contribution < 1.29 is 9.15 Å². The lowest BCUT2D eigenvalue weighted by Gasteiger charge is -2.19. The lowest BCUT2D eigenvalue weighted by Crippen LogP contribution is -2.36. The molecule has 0 aromatic carbocycles. The third kappa shape index (κ3) is 4.35. The number of hydrogen-bond acceptors (Lipinski definition) is 5. The van der Waals surface area contributed by atoms with E-state index in [1.54, 1.807) is 24.6 Å². The van der Waals surface area contributed by atoms with Crippen molar-refractivity contribution in [2.45, 2.75) is 39.2 Å². The Hall–Kier alpha value is -1.33. The molecular formula is C15H22N2O2S. The average Bonchev–Trinajstić information content (AvgIpc) is 3.02. The minimum Gasteiger partial charge on any atom is -0.496 e. The maximum Gasteiger partial charge on any atom is 0.194 e. The summed E-state index contributed by atoms with van der Waals surface area (Å²) in [5, 5.41) is 5.42. The molecular weight excluding hydrogens is 272 g/mol. The zero-order valence-electron chi connectivity index (χ0n) is 12.5. The smallest absolute Gasteiger partial charge is 0.194 e. The molecule has 1 N–H and O–H groups in total. The minimum atomic E-state index is 0.162. The van der Waals surface area contributed by atoms with Crippen LogP contribution in [-0.4, -0.2) is 24.2 Å². The number of aromatic nitrogens is 1. The van der Waals surface area contributed by atoms with Crippen LogP contribution < -0.4 is 10.1 Å². The first-order chi connectivity index (χ1) is 9.48. The summed E-state index contributed by atoms with van der Waals surface area (Å²) in [4.78, 5) is 5.38. The molecule has 0 spiro atoms. The Bertz CT molecular complexity index is 540. The molecule has 2 aromatic heterocycles. The first-order valence-corrected chi connectivity index (χ1v) is 7.68. The highest BCUT2D eigenvalue weighted by atomic mass is 32.1. The van der Waals surface area contributed by atoms with Crippen molar-refractivity contribution in [3.63, 3.8) is 0 Å². The average molecular weight is 294 g/mol. The molecule has 0 saturated heterocycles. The summed E-state index contributed by atoms with van der Waals surface area (Å²) in [5.41, 5.74) is 0.162. The van der Waals surface area contributed by atoms with Crippen LogP contribution in [0.4, 0.5) is 0 Å². The fourth-order valence-electron chi connectivity index (χ4n) is 1.80. The number of ether oxygens (including phenoxy) is 1. The molecule has 0 aliphatic heterocycles. The van der Waals surface area contributed by atoms with Gasteiger partial charge in [0.05, 0.1) is 18.2 Å². The molecule has 2 rings (SSSR count). The summed E-state index contributed by atoms with van der Waals surface area (Å²) >= 11 is 1.60. The number of nitrogens with one attached hydrogen (secondary N) is 1. The van der Waals surface area contributed by atoms with E-state index in [4.69, 9.17) is 9.15 Å². The molecule has 2 aromatic rings. The maximum absolute atomic E-state index is 5.78. The number of thiophene rings is 1. The molecule has 0 amide bonds. The SMILES string of the molecule is COc1csc(-c2cnc(CCCNC(C)(C)C)o2)c1. The van der Waals surface area contributed by atoms with Gasteiger partial charge in [0.2, 0.25) is 0 Å². The lowest BCUT2D eigenvalue weighted by atomic mass is 10.1. The van der Waals surface area contributed by atoms with Gasteiger partial charge in [0, 0.05) is 23.4 Å². The van der Waals surface area contributed by atoms with E-state index in [1.165, 1.54) is 0 Å². The normalized spacial score (nSPS) is 11.8. The van der Waals surface area contributed by atoms with Crippen LogP contribution in [0.25, 0.3) is 10.6 Å². The van der Waals surface area contributed by atoms with Crippen LogP contribution in [0.1, 0.15) is 33.1 Å². The van der Waals surface area contributed by atoms with Gasteiger partial charge < -0.3 is 14.5 Å². The van der Waals surface area contributed by atoms with Crippen molar-refractivity contribution in [3.05, 3.63) is 23.5 Å². The Labute approximate surface area is 124 Å². The van der Waals surface area contributed by atoms with E-state index < -0.39 is 0 Å². The molecule has 110 valence electrons. The monoisotopic (exact) mass is 294 g/mol. The van der Waals surface area contributed by atoms with E-state index in [2.05, 4.69) is 31.1 Å². The highest BCUT2D eigenvalue weighted by molar-refractivity contribution is 7.13. The quantitative estimate of drug-likeness (QED) is 0.825. The second-order valence-corrected chi connectivity index (χ2v) is 6.66. The fourth-order valence-corrected chi connectivity index (χ4v) is 2.60. The Balaban J connectivity index is 1.86. The van der Waals surface area contributed by atoms with Gasteiger partial charge in [-0.25, -0.2) is 4.98 Å². The molecule has 0 aliphatic carbocycles. The molecule has 20 heavy (non-hydrogen) atoms. The summed E-state index contributed by atoms with van der Waals surface area (Å²) in [6, 6.07) is 1.97. The van der Waals surface area contributed by atoms with Crippen LogP contribution in [0.3, 0.4) is 0 Å². The Morgan fingerprint density at radius 2 is 2.20 bits per heavy atom. The van der Waals surface area contributed by atoms with Gasteiger partial charge >= 0.3 is 0 Å². The van der Waals surface area contributed by atoms with E-state index in [-0.39, 0.29) is 5.54 Å². The fraction of sp³-hybridized carbons (Fsp3) is 0.533. The van der Waals surface area contributed by atoms with Crippen LogP contribution in [-0.2, 0) is 6.42 Å². The van der Waals surface area contributed by atoms with E-state index in [1.807, 2.05) is 11.4 Å². The zero-order chi connectivity index (χ0) is 14.6. The lowest BCUT2D eigenvalue weighted by molar-refractivity contribution is 0.412. The van der Waals surface area contributed by atoms with Gasteiger partial charge in [0.1, 0.15) is 5.75 Å². The maximum atomic E-state index is 5.78. The third-order valence-electron chi connectivity index (χ3n) is 2.83. The number of nitrogens with zero attached hydrogens (tertiary/aromatic N) is 1. The summed E-state index contributed by atoms with van der Waals surface area (Å²) < 4.78 is 11.0. The number of methoxy groups -OCH3 is 1. The van der Waals surface area contributed by atoms with E-state index in [9.17, 15) is 0 Å². The predicted molar refractivity (Wildman–Crippen MR) is 82.4 cm³/mol. The first-order valence-electron chi connectivity index (χ1n) is 6.80. The summed E-state index contributed by atoms with van der Waals surface area (Å²) in [6.45, 7) is 7.47. The molecule has 4 nitrogen and oxygen atoms in total. The molecule has 0 fully saturated rings. The predicted octanol–water partition coefficient (Wildman–Crippen LogP) is 3.73. The Morgan fingerprint density at radius 1 is 1.40 bits per heavy atom. The van der Waals surface area contributed by atoms with Gasteiger partial charge in [-0.15, -0.1) is 11.3 Å². The van der Waals surface area contributed by atoms with Crippen LogP contribution in [0.15, 0.2) is 22.1 Å². The van der Waals surface area contributed by atoms with E-state index in [0.717, 1.165) is 41.7 Å². The summed E-state index contributed by atoms with van der Waals surface area (Å²) in [7, 11) is 1.67. The van der Waals surface area contributed by atoms with Gasteiger partial charge in [0.15, 0.2) is 11.7 Å². The summed E-state index contributed by atoms with van der Waals surface area (Å²) in [5.74, 6) is 2.47. The van der Waals surface area contributed by atoms with E-state index in [0.29, 0.717) is 0 Å². The molecule has 0 aliphatic rings. The van der Waals surface area contributed by atoms with Gasteiger partial charge in [-0.05, 0) is 33.7 Å². The van der Waals surface area contributed by atoms with Gasteiger partial charge in [-0.3, -0.25) is 0 Å². The third-order valence-corrected chi connectivity index (χ3v) is 3.75. The number of aryl methyl sites for hydroxylation is 1. The van der Waals surface area contributed by atoms with Crippen LogP contribution >= 0.6 is 11.3 Å². The number of rotatable bonds is 6. The van der Waals surface area contributed by atoms with Crippen LogP contribution in [0, 0.1) is 0 Å². The van der Waals surface area contributed by atoms with Gasteiger partial charge in [-0.1, -0.05) is 0 Å². The summed E-state index contributed by atoms with van der Waals surface area (Å²) in [6.07, 6.45) is 3.66. The molecule has 0 bridgehead atoms.